The predicted molar refractivity (Wildman–Crippen MR) is 105 cm³/mol. The zero-order valence-corrected chi connectivity index (χ0v) is 17.6. The van der Waals surface area contributed by atoms with Gasteiger partial charge in [-0.15, -0.1) is 11.3 Å². The van der Waals surface area contributed by atoms with Gasteiger partial charge < -0.3 is 10.2 Å². The first-order valence-corrected chi connectivity index (χ1v) is 11.4. The third-order valence-corrected chi connectivity index (χ3v) is 8.14. The summed E-state index contributed by atoms with van der Waals surface area (Å²) in [5, 5.41) is 4.42. The van der Waals surface area contributed by atoms with E-state index in [9.17, 15) is 8.42 Å². The van der Waals surface area contributed by atoms with E-state index in [-0.39, 0.29) is 5.75 Å². The van der Waals surface area contributed by atoms with Crippen LogP contribution >= 0.6 is 11.3 Å². The SMILES string of the molecule is CCNC(=NCCc1nc(CC)c(C)s1)N1CCS(=O)(=O)C(C)(C)C1. The lowest BCUT2D eigenvalue weighted by molar-refractivity contribution is 0.353. The number of sulfone groups is 1. The smallest absolute Gasteiger partial charge is 0.194 e. The highest BCUT2D eigenvalue weighted by Crippen LogP contribution is 2.24. The van der Waals surface area contributed by atoms with Gasteiger partial charge >= 0.3 is 0 Å². The second-order valence-corrected chi connectivity index (χ2v) is 11.0. The Bertz CT molecular complexity index is 723. The van der Waals surface area contributed by atoms with Gasteiger partial charge in [0.15, 0.2) is 15.8 Å². The molecule has 0 atom stereocenters. The van der Waals surface area contributed by atoms with Gasteiger partial charge in [-0.25, -0.2) is 13.4 Å². The van der Waals surface area contributed by atoms with Gasteiger partial charge in [0.05, 0.1) is 21.2 Å². The first-order valence-electron chi connectivity index (χ1n) is 8.91. The number of aliphatic imine (C=N–C) groups is 1. The number of rotatable bonds is 5. The lowest BCUT2D eigenvalue weighted by Gasteiger charge is -2.39. The molecule has 0 spiro atoms. The summed E-state index contributed by atoms with van der Waals surface area (Å²) < 4.78 is 23.6. The highest BCUT2D eigenvalue weighted by molar-refractivity contribution is 7.92. The Morgan fingerprint density at radius 2 is 2.12 bits per heavy atom. The molecular formula is C17H30N4O2S2. The van der Waals surface area contributed by atoms with Gasteiger partial charge in [-0.05, 0) is 34.1 Å². The average Bonchev–Trinajstić information content (AvgIpc) is 2.89. The van der Waals surface area contributed by atoms with Crippen molar-refractivity contribution in [1.29, 1.82) is 0 Å². The summed E-state index contributed by atoms with van der Waals surface area (Å²) in [6, 6.07) is 0. The summed E-state index contributed by atoms with van der Waals surface area (Å²) >= 11 is 1.75. The zero-order valence-electron chi connectivity index (χ0n) is 15.9. The standard InChI is InChI=1S/C17H30N4O2S2/c1-6-14-13(3)24-15(20-14)8-9-19-16(18-7-2)21-10-11-25(22,23)17(4,5)12-21/h6-12H2,1-5H3,(H,18,19). The van der Waals surface area contributed by atoms with Crippen LogP contribution in [-0.4, -0.2) is 60.9 Å². The molecule has 2 heterocycles. The molecule has 6 nitrogen and oxygen atoms in total. The van der Waals surface area contributed by atoms with Crippen LogP contribution in [0.5, 0.6) is 0 Å². The van der Waals surface area contributed by atoms with E-state index in [0.29, 0.717) is 19.6 Å². The van der Waals surface area contributed by atoms with E-state index in [2.05, 4.69) is 29.0 Å². The van der Waals surface area contributed by atoms with Crippen molar-refractivity contribution in [3.8, 4) is 0 Å². The maximum absolute atomic E-state index is 12.2. The molecule has 1 aliphatic rings. The Balaban J connectivity index is 2.05. The molecule has 1 fully saturated rings. The van der Waals surface area contributed by atoms with Crippen LogP contribution in [0.15, 0.2) is 4.99 Å². The van der Waals surface area contributed by atoms with Crippen LogP contribution in [0, 0.1) is 6.92 Å². The first kappa shape index (κ1) is 20.2. The maximum atomic E-state index is 12.2. The summed E-state index contributed by atoms with van der Waals surface area (Å²) in [4.78, 5) is 12.7. The quantitative estimate of drug-likeness (QED) is 0.619. The Kier molecular flexibility index (Phi) is 6.48. The van der Waals surface area contributed by atoms with E-state index in [4.69, 9.17) is 4.99 Å². The molecule has 25 heavy (non-hydrogen) atoms. The number of guanidine groups is 1. The van der Waals surface area contributed by atoms with Crippen LogP contribution in [0.3, 0.4) is 0 Å². The molecule has 0 unspecified atom stereocenters. The summed E-state index contributed by atoms with van der Waals surface area (Å²) in [5.41, 5.74) is 1.18. The fraction of sp³-hybridized carbons (Fsp3) is 0.765. The minimum atomic E-state index is -3.04. The Hall–Kier alpha value is -1.15. The van der Waals surface area contributed by atoms with E-state index in [1.807, 2.05) is 6.92 Å². The minimum Gasteiger partial charge on any atom is -0.357 e. The van der Waals surface area contributed by atoms with Gasteiger partial charge in [-0.3, -0.25) is 4.99 Å². The van der Waals surface area contributed by atoms with Gasteiger partial charge in [-0.2, -0.15) is 0 Å². The van der Waals surface area contributed by atoms with Crippen molar-refractivity contribution in [2.24, 2.45) is 4.99 Å². The lowest BCUT2D eigenvalue weighted by Crippen LogP contribution is -2.57. The van der Waals surface area contributed by atoms with E-state index in [1.54, 1.807) is 25.2 Å². The second kappa shape index (κ2) is 8.03. The van der Waals surface area contributed by atoms with E-state index >= 15 is 0 Å². The molecular weight excluding hydrogens is 356 g/mol. The van der Waals surface area contributed by atoms with Crippen molar-refractivity contribution in [2.75, 3.05) is 31.9 Å². The zero-order chi connectivity index (χ0) is 18.7. The maximum Gasteiger partial charge on any atom is 0.194 e. The normalized spacial score (nSPS) is 19.9. The number of nitrogens with zero attached hydrogens (tertiary/aromatic N) is 3. The highest BCUT2D eigenvalue weighted by atomic mass is 32.2. The van der Waals surface area contributed by atoms with E-state index in [0.717, 1.165) is 30.4 Å². The van der Waals surface area contributed by atoms with Gasteiger partial charge in [-0.1, -0.05) is 6.92 Å². The molecule has 1 aliphatic heterocycles. The first-order chi connectivity index (χ1) is 11.7. The largest absolute Gasteiger partial charge is 0.357 e. The van der Waals surface area contributed by atoms with Crippen molar-refractivity contribution in [2.45, 2.75) is 52.2 Å². The van der Waals surface area contributed by atoms with Crippen LogP contribution in [0.1, 0.15) is 43.3 Å². The lowest BCUT2D eigenvalue weighted by atomic mass is 10.2. The third-order valence-electron chi connectivity index (χ3n) is 4.54. The molecule has 1 N–H and O–H groups in total. The van der Waals surface area contributed by atoms with Crippen molar-refractivity contribution in [3.63, 3.8) is 0 Å². The number of nitrogens with one attached hydrogen (secondary N) is 1. The van der Waals surface area contributed by atoms with Crippen molar-refractivity contribution in [3.05, 3.63) is 15.6 Å². The van der Waals surface area contributed by atoms with Gasteiger partial charge in [0.1, 0.15) is 0 Å². The Labute approximate surface area is 155 Å². The number of hydrogen-bond acceptors (Lipinski definition) is 5. The van der Waals surface area contributed by atoms with E-state index < -0.39 is 14.6 Å². The van der Waals surface area contributed by atoms with Crippen molar-refractivity contribution in [1.82, 2.24) is 15.2 Å². The second-order valence-electron chi connectivity index (χ2n) is 6.95. The van der Waals surface area contributed by atoms with E-state index in [1.165, 1.54) is 10.6 Å². The molecule has 8 heteroatoms. The van der Waals surface area contributed by atoms with Gasteiger partial charge in [0.2, 0.25) is 0 Å². The van der Waals surface area contributed by atoms with Gasteiger partial charge in [0, 0.05) is 37.5 Å². The number of aryl methyl sites for hydroxylation is 2. The molecule has 142 valence electrons. The van der Waals surface area contributed by atoms with Crippen LogP contribution in [-0.2, 0) is 22.7 Å². The summed E-state index contributed by atoms with van der Waals surface area (Å²) in [6.45, 7) is 12.2. The summed E-state index contributed by atoms with van der Waals surface area (Å²) in [5.74, 6) is 0.977. The molecule has 1 saturated heterocycles. The summed E-state index contributed by atoms with van der Waals surface area (Å²) in [6.07, 6.45) is 1.78. The van der Waals surface area contributed by atoms with Crippen LogP contribution in [0.25, 0.3) is 0 Å². The van der Waals surface area contributed by atoms with Crippen molar-refractivity contribution >= 4 is 27.1 Å². The summed E-state index contributed by atoms with van der Waals surface area (Å²) in [7, 11) is -3.04. The molecule has 1 aromatic heterocycles. The Morgan fingerprint density at radius 3 is 2.68 bits per heavy atom. The molecule has 0 aliphatic carbocycles. The van der Waals surface area contributed by atoms with Crippen molar-refractivity contribution < 1.29 is 8.42 Å². The number of hydrogen-bond donors (Lipinski definition) is 1. The highest BCUT2D eigenvalue weighted by Gasteiger charge is 2.40. The molecule has 1 aromatic rings. The Morgan fingerprint density at radius 1 is 1.40 bits per heavy atom. The monoisotopic (exact) mass is 386 g/mol. The number of aromatic nitrogens is 1. The number of thiazole rings is 1. The molecule has 0 radical (unpaired) electrons. The molecule has 0 bridgehead atoms. The molecule has 2 rings (SSSR count). The molecule has 0 aromatic carbocycles. The van der Waals surface area contributed by atoms with Crippen LogP contribution in [0.2, 0.25) is 0 Å². The van der Waals surface area contributed by atoms with Crippen LogP contribution in [0.4, 0.5) is 0 Å². The fourth-order valence-electron chi connectivity index (χ4n) is 2.93. The van der Waals surface area contributed by atoms with Gasteiger partial charge in [0.25, 0.3) is 0 Å². The fourth-order valence-corrected chi connectivity index (χ4v) is 5.31. The van der Waals surface area contributed by atoms with Crippen LogP contribution < -0.4 is 5.32 Å². The molecule has 0 amide bonds. The minimum absolute atomic E-state index is 0.177. The predicted octanol–water partition coefficient (Wildman–Crippen LogP) is 2.03. The topological polar surface area (TPSA) is 74.7 Å². The molecule has 0 saturated carbocycles. The third kappa shape index (κ3) is 4.73. The average molecular weight is 387 g/mol.